The number of rotatable bonds is 0. The molecule has 0 aliphatic heterocycles. The van der Waals surface area contributed by atoms with Crippen molar-refractivity contribution in [2.75, 3.05) is 0 Å². The van der Waals surface area contributed by atoms with Gasteiger partial charge in [0.25, 0.3) is 0 Å². The molecule has 0 atom stereocenters. The molecule has 0 unspecified atom stereocenters. The Morgan fingerprint density at radius 1 is 1.20 bits per heavy atom. The van der Waals surface area contributed by atoms with Gasteiger partial charge in [0.05, 0.1) is 0 Å². The molecule has 0 aromatic carbocycles. The van der Waals surface area contributed by atoms with Crippen LogP contribution in [0.15, 0.2) is 0 Å². The Balaban J connectivity index is 2.86. The predicted octanol–water partition coefficient (Wildman–Crippen LogP) is 0.0311. The second-order valence-corrected chi connectivity index (χ2v) is 1.72. The van der Waals surface area contributed by atoms with Gasteiger partial charge in [-0.1, -0.05) is 0 Å². The number of nitriles is 2. The van der Waals surface area contributed by atoms with Crippen LogP contribution in [0.1, 0.15) is 0 Å². The van der Waals surface area contributed by atoms with Crippen LogP contribution in [0, 0.1) is 19.1 Å². The van der Waals surface area contributed by atoms with Crippen molar-refractivity contribution in [1.29, 1.82) is 10.5 Å². The van der Waals surface area contributed by atoms with E-state index in [1.54, 1.807) is 8.57 Å². The van der Waals surface area contributed by atoms with Gasteiger partial charge in [-0.2, -0.15) is 0 Å². The Morgan fingerprint density at radius 3 is 1.60 bits per heavy atom. The molecular formula is C2AuN2. The quantitative estimate of drug-likeness (QED) is 0.568. The Hall–Kier alpha value is -0.280. The molecule has 0 N–H and O–H groups in total. The van der Waals surface area contributed by atoms with E-state index in [9.17, 15) is 0 Å². The third-order valence-corrected chi connectivity index (χ3v) is 0.552. The van der Waals surface area contributed by atoms with Crippen LogP contribution in [-0.4, -0.2) is 0 Å². The molecule has 0 saturated heterocycles. The number of hydrogen-bond acceptors (Lipinski definition) is 2. The molecule has 0 fully saturated rings. The van der Waals surface area contributed by atoms with Gasteiger partial charge >= 0.3 is 38.9 Å². The maximum atomic E-state index is 7.64. The third kappa shape index (κ3) is 3.72. The van der Waals surface area contributed by atoms with Crippen molar-refractivity contribution in [3.63, 3.8) is 0 Å². The molecule has 0 spiro atoms. The van der Waals surface area contributed by atoms with E-state index < -0.39 is 19.8 Å². The summed E-state index contributed by atoms with van der Waals surface area (Å²) in [4.78, 5) is 0. The van der Waals surface area contributed by atoms with Gasteiger partial charge in [-0.05, 0) is 0 Å². The third-order valence-electron chi connectivity index (χ3n) is 0.0674. The van der Waals surface area contributed by atoms with Crippen molar-refractivity contribution in [2.45, 2.75) is 0 Å². The van der Waals surface area contributed by atoms with E-state index >= 15 is 0 Å². The van der Waals surface area contributed by atoms with Crippen molar-refractivity contribution in [2.24, 2.45) is 0 Å². The minimum atomic E-state index is -0.670. The first-order chi connectivity index (χ1) is 2.41. The molecule has 0 bridgehead atoms. The van der Waals surface area contributed by atoms with Crippen molar-refractivity contribution in [3.05, 3.63) is 0 Å². The van der Waals surface area contributed by atoms with Crippen LogP contribution < -0.4 is 0 Å². The molecule has 0 amide bonds. The van der Waals surface area contributed by atoms with Gasteiger partial charge < -0.3 is 0 Å². The molecule has 0 saturated carbocycles. The van der Waals surface area contributed by atoms with Crippen LogP contribution in [-0.2, 0) is 19.8 Å². The zero-order valence-electron chi connectivity index (χ0n) is 2.20. The predicted molar refractivity (Wildman–Crippen MR) is 11.2 cm³/mol. The monoisotopic (exact) mass is 249 g/mol. The normalized spacial score (nSPS) is 5.20. The van der Waals surface area contributed by atoms with Gasteiger partial charge in [-0.3, -0.25) is 0 Å². The summed E-state index contributed by atoms with van der Waals surface area (Å²) < 4.78 is 3.51. The standard InChI is InChI=1S/2CN.Au/c2*1-2;. The first-order valence-electron chi connectivity index (χ1n) is 0.749. The molecule has 0 aromatic rings. The first kappa shape index (κ1) is 4.72. The van der Waals surface area contributed by atoms with E-state index in [4.69, 9.17) is 10.5 Å². The summed E-state index contributed by atoms with van der Waals surface area (Å²) in [7, 11) is 0. The van der Waals surface area contributed by atoms with E-state index in [1.165, 1.54) is 0 Å². The van der Waals surface area contributed by atoms with Crippen molar-refractivity contribution in [3.8, 4) is 8.57 Å². The fourth-order valence-electron chi connectivity index (χ4n) is 0.0151. The van der Waals surface area contributed by atoms with Gasteiger partial charge in [0.1, 0.15) is 0 Å². The fourth-order valence-corrected chi connectivity index (χ4v) is 0.123. The minimum absolute atomic E-state index is 0.670. The summed E-state index contributed by atoms with van der Waals surface area (Å²) >= 11 is -0.670. The van der Waals surface area contributed by atoms with Crippen LogP contribution >= 0.6 is 0 Å². The van der Waals surface area contributed by atoms with Gasteiger partial charge in [0, 0.05) is 0 Å². The summed E-state index contributed by atoms with van der Waals surface area (Å²) in [5.41, 5.74) is 0. The molecular weight excluding hydrogens is 249 g/mol. The average Bonchev–Trinajstić information content (AvgIpc) is 1.41. The van der Waals surface area contributed by atoms with Crippen molar-refractivity contribution >= 4 is 0 Å². The molecule has 0 aliphatic carbocycles. The molecule has 0 radical (unpaired) electrons. The Bertz CT molecular complexity index is 72.8. The molecule has 29 valence electrons. The number of hydrogen-bond donors (Lipinski definition) is 0. The molecule has 3 heteroatoms. The zero-order valence-corrected chi connectivity index (χ0v) is 4.36. The Kier molecular flexibility index (Phi) is 3.51. The molecule has 0 aliphatic rings. The van der Waals surface area contributed by atoms with E-state index in [0.29, 0.717) is 0 Å². The summed E-state index contributed by atoms with van der Waals surface area (Å²) in [6, 6.07) is 0. The SMILES string of the molecule is N#[C][Au][C]#N. The van der Waals surface area contributed by atoms with Gasteiger partial charge in [0.2, 0.25) is 0 Å². The summed E-state index contributed by atoms with van der Waals surface area (Å²) in [6.07, 6.45) is 0. The van der Waals surface area contributed by atoms with Gasteiger partial charge in [-0.15, -0.1) is 0 Å². The molecule has 5 heavy (non-hydrogen) atoms. The van der Waals surface area contributed by atoms with Gasteiger partial charge in [0.15, 0.2) is 0 Å². The molecule has 0 aromatic heterocycles. The molecule has 0 rings (SSSR count). The van der Waals surface area contributed by atoms with Crippen LogP contribution in [0.5, 0.6) is 0 Å². The summed E-state index contributed by atoms with van der Waals surface area (Å²) in [5.74, 6) is 0. The Morgan fingerprint density at radius 2 is 1.60 bits per heavy atom. The fraction of sp³-hybridized carbons (Fsp3) is 0. The maximum absolute atomic E-state index is 7.64. The summed E-state index contributed by atoms with van der Waals surface area (Å²) in [5, 5.41) is 15.3. The Labute approximate surface area is 39.3 Å². The van der Waals surface area contributed by atoms with Crippen molar-refractivity contribution in [1.82, 2.24) is 0 Å². The van der Waals surface area contributed by atoms with Crippen LogP contribution in [0.25, 0.3) is 0 Å². The number of nitrogens with zero attached hydrogens (tertiary/aromatic N) is 2. The van der Waals surface area contributed by atoms with E-state index in [-0.39, 0.29) is 0 Å². The van der Waals surface area contributed by atoms with E-state index in [0.717, 1.165) is 0 Å². The second kappa shape index (κ2) is 3.72. The average molecular weight is 249 g/mol. The van der Waals surface area contributed by atoms with Gasteiger partial charge in [-0.25, -0.2) is 0 Å². The van der Waals surface area contributed by atoms with E-state index in [1.807, 2.05) is 0 Å². The van der Waals surface area contributed by atoms with Crippen LogP contribution in [0.2, 0.25) is 0 Å². The topological polar surface area (TPSA) is 47.6 Å². The summed E-state index contributed by atoms with van der Waals surface area (Å²) in [6.45, 7) is 0. The first-order valence-corrected chi connectivity index (χ1v) is 2.92. The second-order valence-electron chi connectivity index (χ2n) is 0.210. The molecule has 2 nitrogen and oxygen atoms in total. The molecule has 0 heterocycles. The van der Waals surface area contributed by atoms with Crippen molar-refractivity contribution < 1.29 is 19.8 Å². The van der Waals surface area contributed by atoms with Crippen LogP contribution in [0.4, 0.5) is 0 Å². The van der Waals surface area contributed by atoms with Crippen LogP contribution in [0.3, 0.4) is 0 Å². The van der Waals surface area contributed by atoms with E-state index in [2.05, 4.69) is 0 Å². The zero-order chi connectivity index (χ0) is 4.12.